The molecule has 1 saturated carbocycles. The highest BCUT2D eigenvalue weighted by Crippen LogP contribution is 2.51. The highest BCUT2D eigenvalue weighted by molar-refractivity contribution is 6.20. The summed E-state index contributed by atoms with van der Waals surface area (Å²) in [6.07, 6.45) is 3.27. The molecule has 1 unspecified atom stereocenters. The van der Waals surface area contributed by atoms with Gasteiger partial charge in [0.1, 0.15) is 11.3 Å². The minimum atomic E-state index is -0.839. The summed E-state index contributed by atoms with van der Waals surface area (Å²) in [5.41, 5.74) is 0.915. The van der Waals surface area contributed by atoms with Crippen LogP contribution in [-0.2, 0) is 6.54 Å². The summed E-state index contributed by atoms with van der Waals surface area (Å²) in [6, 6.07) is 2.63. The molecular weight excluding hydrogens is 282 g/mol. The Morgan fingerprint density at radius 1 is 1.40 bits per heavy atom. The van der Waals surface area contributed by atoms with E-state index >= 15 is 0 Å². The lowest BCUT2D eigenvalue weighted by Gasteiger charge is -2.17. The Labute approximate surface area is 121 Å². The average molecular weight is 299 g/mol. The highest BCUT2D eigenvalue weighted by Gasteiger charge is 2.42. The first-order valence-corrected chi connectivity index (χ1v) is 7.39. The number of halogens is 3. The Kier molecular flexibility index (Phi) is 3.24. The van der Waals surface area contributed by atoms with Crippen molar-refractivity contribution in [3.8, 4) is 0 Å². The second-order valence-corrected chi connectivity index (χ2v) is 6.41. The third-order valence-corrected chi connectivity index (χ3v) is 4.58. The number of rotatable bonds is 4. The van der Waals surface area contributed by atoms with E-state index in [1.165, 1.54) is 6.07 Å². The molecule has 0 bridgehead atoms. The molecule has 20 heavy (non-hydrogen) atoms. The van der Waals surface area contributed by atoms with Gasteiger partial charge in [-0.25, -0.2) is 13.8 Å². The number of aromatic nitrogens is 2. The van der Waals surface area contributed by atoms with Crippen LogP contribution in [0, 0.1) is 17.0 Å². The summed E-state index contributed by atoms with van der Waals surface area (Å²) in [4.78, 5) is 4.38. The van der Waals surface area contributed by atoms with Gasteiger partial charge in [0.05, 0.1) is 10.9 Å². The Bertz CT molecular complexity index is 659. The van der Waals surface area contributed by atoms with Crippen LogP contribution < -0.4 is 0 Å². The second-order valence-electron chi connectivity index (χ2n) is 5.75. The van der Waals surface area contributed by atoms with Gasteiger partial charge in [0.15, 0.2) is 11.6 Å². The summed E-state index contributed by atoms with van der Waals surface area (Å²) in [7, 11) is 0. The molecule has 0 N–H and O–H groups in total. The van der Waals surface area contributed by atoms with Gasteiger partial charge >= 0.3 is 0 Å². The maximum absolute atomic E-state index is 14.2. The van der Waals surface area contributed by atoms with Gasteiger partial charge in [0.25, 0.3) is 0 Å². The fourth-order valence-electron chi connectivity index (χ4n) is 2.77. The van der Waals surface area contributed by atoms with Crippen LogP contribution in [0.4, 0.5) is 8.78 Å². The van der Waals surface area contributed by atoms with Crippen LogP contribution in [-0.4, -0.2) is 9.55 Å². The predicted molar refractivity (Wildman–Crippen MR) is 75.9 cm³/mol. The molecule has 0 aliphatic heterocycles. The predicted octanol–water partition coefficient (Wildman–Crippen LogP) is 4.80. The number of alkyl halides is 1. The van der Waals surface area contributed by atoms with Gasteiger partial charge in [-0.3, -0.25) is 0 Å². The van der Waals surface area contributed by atoms with E-state index in [0.717, 1.165) is 25.3 Å². The van der Waals surface area contributed by atoms with Crippen LogP contribution in [0.3, 0.4) is 0 Å². The standard InChI is InChI=1S/C15H17ClF2N2/c1-3-15(6-7-15)8-20-13-11(19-14(20)9(2)16)5-4-10(17)12(13)18/h4-5,9H,3,6-8H2,1-2H3. The first-order valence-electron chi connectivity index (χ1n) is 6.95. The summed E-state index contributed by atoms with van der Waals surface area (Å²) < 4.78 is 29.5. The molecule has 1 heterocycles. The Morgan fingerprint density at radius 2 is 2.10 bits per heavy atom. The lowest BCUT2D eigenvalue weighted by Crippen LogP contribution is -2.14. The number of fused-ring (bicyclic) bond motifs is 1. The molecule has 3 rings (SSSR count). The van der Waals surface area contributed by atoms with E-state index in [0.29, 0.717) is 17.9 Å². The minimum Gasteiger partial charge on any atom is -0.324 e. The maximum Gasteiger partial charge on any atom is 0.184 e. The number of nitrogens with zero attached hydrogens (tertiary/aromatic N) is 2. The van der Waals surface area contributed by atoms with Crippen LogP contribution in [0.15, 0.2) is 12.1 Å². The molecular formula is C15H17ClF2N2. The molecule has 108 valence electrons. The van der Waals surface area contributed by atoms with Crippen molar-refractivity contribution >= 4 is 22.6 Å². The average Bonchev–Trinajstić information content (AvgIpc) is 3.09. The van der Waals surface area contributed by atoms with Crippen LogP contribution >= 0.6 is 11.6 Å². The molecule has 1 fully saturated rings. The van der Waals surface area contributed by atoms with Crippen molar-refractivity contribution in [1.29, 1.82) is 0 Å². The van der Waals surface area contributed by atoms with Gasteiger partial charge in [0, 0.05) is 6.54 Å². The van der Waals surface area contributed by atoms with E-state index in [1.807, 2.05) is 0 Å². The van der Waals surface area contributed by atoms with Gasteiger partial charge in [-0.15, -0.1) is 11.6 Å². The summed E-state index contributed by atoms with van der Waals surface area (Å²) in [5.74, 6) is -1.05. The number of benzene rings is 1. The quantitative estimate of drug-likeness (QED) is 0.741. The second kappa shape index (κ2) is 4.69. The van der Waals surface area contributed by atoms with Crippen LogP contribution in [0.25, 0.3) is 11.0 Å². The molecule has 0 radical (unpaired) electrons. The fraction of sp³-hybridized carbons (Fsp3) is 0.533. The molecule has 2 aromatic rings. The Hall–Kier alpha value is -1.16. The number of hydrogen-bond acceptors (Lipinski definition) is 1. The zero-order valence-corrected chi connectivity index (χ0v) is 12.3. The molecule has 5 heteroatoms. The van der Waals surface area contributed by atoms with Crippen molar-refractivity contribution in [2.75, 3.05) is 0 Å². The van der Waals surface area contributed by atoms with Gasteiger partial charge in [-0.1, -0.05) is 6.92 Å². The SMILES string of the molecule is CCC1(Cn2c(C(C)Cl)nc3ccc(F)c(F)c32)CC1. The molecule has 1 aliphatic rings. The first-order chi connectivity index (χ1) is 9.47. The zero-order valence-electron chi connectivity index (χ0n) is 11.6. The topological polar surface area (TPSA) is 17.8 Å². The van der Waals surface area contributed by atoms with Crippen molar-refractivity contribution < 1.29 is 8.78 Å². The van der Waals surface area contributed by atoms with Crippen molar-refractivity contribution in [3.63, 3.8) is 0 Å². The fourth-order valence-corrected chi connectivity index (χ4v) is 2.94. The van der Waals surface area contributed by atoms with E-state index in [1.54, 1.807) is 11.5 Å². The molecule has 1 aromatic heterocycles. The molecule has 1 aromatic carbocycles. The van der Waals surface area contributed by atoms with Crippen molar-refractivity contribution in [2.45, 2.75) is 45.0 Å². The van der Waals surface area contributed by atoms with E-state index in [-0.39, 0.29) is 16.3 Å². The van der Waals surface area contributed by atoms with Gasteiger partial charge in [0.2, 0.25) is 0 Å². The van der Waals surface area contributed by atoms with Crippen LogP contribution in [0.5, 0.6) is 0 Å². The number of hydrogen-bond donors (Lipinski definition) is 0. The first kappa shape index (κ1) is 13.8. The highest BCUT2D eigenvalue weighted by atomic mass is 35.5. The van der Waals surface area contributed by atoms with Gasteiger partial charge in [-0.05, 0) is 43.7 Å². The summed E-state index contributed by atoms with van der Waals surface area (Å²) in [6.45, 7) is 4.60. The maximum atomic E-state index is 14.2. The lowest BCUT2D eigenvalue weighted by atomic mass is 10.0. The Morgan fingerprint density at radius 3 is 2.65 bits per heavy atom. The number of imidazole rings is 1. The molecule has 0 amide bonds. The largest absolute Gasteiger partial charge is 0.324 e. The minimum absolute atomic E-state index is 0.201. The van der Waals surface area contributed by atoms with E-state index < -0.39 is 11.6 Å². The van der Waals surface area contributed by atoms with Crippen molar-refractivity contribution in [1.82, 2.24) is 9.55 Å². The van der Waals surface area contributed by atoms with E-state index in [9.17, 15) is 8.78 Å². The van der Waals surface area contributed by atoms with Crippen molar-refractivity contribution in [2.24, 2.45) is 5.41 Å². The molecule has 0 spiro atoms. The summed E-state index contributed by atoms with van der Waals surface area (Å²) >= 11 is 6.16. The monoisotopic (exact) mass is 298 g/mol. The third-order valence-electron chi connectivity index (χ3n) is 4.39. The van der Waals surface area contributed by atoms with Crippen LogP contribution in [0.2, 0.25) is 0 Å². The molecule has 1 atom stereocenters. The lowest BCUT2D eigenvalue weighted by molar-refractivity contribution is 0.403. The normalized spacial score (nSPS) is 18.4. The zero-order chi connectivity index (χ0) is 14.5. The van der Waals surface area contributed by atoms with E-state index in [2.05, 4.69) is 11.9 Å². The van der Waals surface area contributed by atoms with Crippen LogP contribution in [0.1, 0.15) is 44.3 Å². The molecule has 2 nitrogen and oxygen atoms in total. The Balaban J connectivity index is 2.20. The summed E-state index contributed by atoms with van der Waals surface area (Å²) in [5, 5.41) is -0.336. The molecule has 0 saturated heterocycles. The van der Waals surface area contributed by atoms with Gasteiger partial charge in [-0.2, -0.15) is 0 Å². The van der Waals surface area contributed by atoms with Crippen molar-refractivity contribution in [3.05, 3.63) is 29.6 Å². The molecule has 1 aliphatic carbocycles. The van der Waals surface area contributed by atoms with E-state index in [4.69, 9.17) is 11.6 Å². The van der Waals surface area contributed by atoms with Gasteiger partial charge < -0.3 is 4.57 Å². The smallest absolute Gasteiger partial charge is 0.184 e. The third kappa shape index (κ3) is 2.10.